The maximum atomic E-state index is 14.1. The second-order valence-electron chi connectivity index (χ2n) is 13.1. The number of nitrogens with two attached hydrogens (primary N) is 2. The largest absolute Gasteiger partial charge is 0.480 e. The summed E-state index contributed by atoms with van der Waals surface area (Å²) in [6.07, 6.45) is 2.49. The van der Waals surface area contributed by atoms with Crippen LogP contribution in [0.1, 0.15) is 64.5 Å². The van der Waals surface area contributed by atoms with Gasteiger partial charge in [0.05, 0.1) is 6.04 Å². The number of carboxylic acids is 1. The van der Waals surface area contributed by atoms with E-state index >= 15 is 0 Å². The molecule has 0 saturated heterocycles. The minimum absolute atomic E-state index is 0.00887. The van der Waals surface area contributed by atoms with Crippen LogP contribution in [0.3, 0.4) is 0 Å². The van der Waals surface area contributed by atoms with Crippen molar-refractivity contribution in [1.82, 2.24) is 26.3 Å². The lowest BCUT2D eigenvalue weighted by atomic mass is 9.94. The van der Waals surface area contributed by atoms with Gasteiger partial charge >= 0.3 is 5.97 Å². The standard InChI is InChI=1S/C37H51N7O7/c1-5-21(3)31(36(49)44-32(37(50)51)22(4)6-2)43-35(48)29(19-24-20-40-27-15-11-10-14-25(24)27)42-34(47)28(16-17-30(39)45)41-33(46)26(38)18-23-12-8-7-9-13-23/h7-15,20-22,26,28-29,31-32,40H,5-6,16-19,38H2,1-4H3,(H2,39,45)(H,41,46)(H,42,47)(H,43,48)(H,44,49)(H,50,51)/t21-,22-,26-,28-,29-,31-,32-/m0/s1. The van der Waals surface area contributed by atoms with Crippen LogP contribution in [0, 0.1) is 11.8 Å². The lowest BCUT2D eigenvalue weighted by Crippen LogP contribution is -2.60. The zero-order valence-electron chi connectivity index (χ0n) is 29.6. The Kier molecular flexibility index (Phi) is 15.2. The molecule has 0 spiro atoms. The van der Waals surface area contributed by atoms with Gasteiger partial charge in [-0.1, -0.05) is 89.1 Å². The Labute approximate surface area is 297 Å². The lowest BCUT2D eigenvalue weighted by molar-refractivity contribution is -0.144. The van der Waals surface area contributed by atoms with Crippen LogP contribution >= 0.6 is 0 Å². The molecule has 5 amide bonds. The summed E-state index contributed by atoms with van der Waals surface area (Å²) in [5.74, 6) is -5.42. The summed E-state index contributed by atoms with van der Waals surface area (Å²) in [7, 11) is 0. The van der Waals surface area contributed by atoms with Gasteiger partial charge in [-0.05, 0) is 41.9 Å². The Balaban J connectivity index is 1.91. The molecule has 0 radical (unpaired) electrons. The van der Waals surface area contributed by atoms with E-state index in [1.807, 2.05) is 68.4 Å². The van der Waals surface area contributed by atoms with Crippen molar-refractivity contribution in [1.29, 1.82) is 0 Å². The number of rotatable bonds is 20. The van der Waals surface area contributed by atoms with Gasteiger partial charge in [0.15, 0.2) is 0 Å². The molecule has 1 aromatic heterocycles. The molecule has 14 nitrogen and oxygen atoms in total. The molecular weight excluding hydrogens is 654 g/mol. The number of primary amides is 1. The third-order valence-electron chi connectivity index (χ3n) is 9.25. The molecule has 3 aromatic rings. The quantitative estimate of drug-likeness (QED) is 0.0858. The van der Waals surface area contributed by atoms with Gasteiger partial charge in [0.25, 0.3) is 0 Å². The molecule has 0 fully saturated rings. The van der Waals surface area contributed by atoms with Crippen LogP contribution in [-0.4, -0.2) is 75.8 Å². The molecule has 7 atom stereocenters. The van der Waals surface area contributed by atoms with E-state index in [2.05, 4.69) is 26.3 Å². The number of hydrogen-bond acceptors (Lipinski definition) is 7. The molecule has 0 saturated carbocycles. The van der Waals surface area contributed by atoms with Crippen LogP contribution in [0.5, 0.6) is 0 Å². The Bertz CT molecular complexity index is 1660. The van der Waals surface area contributed by atoms with Crippen LogP contribution in [0.15, 0.2) is 60.8 Å². The fourth-order valence-corrected chi connectivity index (χ4v) is 5.68. The van der Waals surface area contributed by atoms with Crippen molar-refractivity contribution in [2.45, 2.75) is 96.4 Å². The van der Waals surface area contributed by atoms with Crippen molar-refractivity contribution < 1.29 is 33.9 Å². The zero-order chi connectivity index (χ0) is 37.7. The van der Waals surface area contributed by atoms with Gasteiger partial charge in [0, 0.05) is 29.9 Å². The van der Waals surface area contributed by atoms with E-state index in [4.69, 9.17) is 11.5 Å². The smallest absolute Gasteiger partial charge is 0.326 e. The molecule has 14 heteroatoms. The van der Waals surface area contributed by atoms with Gasteiger partial charge in [0.1, 0.15) is 24.2 Å². The van der Waals surface area contributed by atoms with Crippen molar-refractivity contribution >= 4 is 46.4 Å². The first kappa shape index (κ1) is 40.2. The van der Waals surface area contributed by atoms with E-state index < -0.39 is 71.6 Å². The van der Waals surface area contributed by atoms with Gasteiger partial charge in [-0.25, -0.2) is 4.79 Å². The van der Waals surface area contributed by atoms with Crippen LogP contribution < -0.4 is 32.7 Å². The summed E-state index contributed by atoms with van der Waals surface area (Å²) in [6, 6.07) is 10.7. The predicted molar refractivity (Wildman–Crippen MR) is 193 cm³/mol. The van der Waals surface area contributed by atoms with E-state index in [0.717, 1.165) is 16.5 Å². The number of aromatic amines is 1. The minimum Gasteiger partial charge on any atom is -0.480 e. The van der Waals surface area contributed by atoms with Crippen LogP contribution in [-0.2, 0) is 41.6 Å². The number of aromatic nitrogens is 1. The van der Waals surface area contributed by atoms with E-state index in [0.29, 0.717) is 18.4 Å². The van der Waals surface area contributed by atoms with Gasteiger partial charge < -0.3 is 42.8 Å². The Morgan fingerprint density at radius 2 is 1.29 bits per heavy atom. The van der Waals surface area contributed by atoms with Crippen molar-refractivity contribution in [2.24, 2.45) is 23.3 Å². The van der Waals surface area contributed by atoms with Crippen molar-refractivity contribution in [3.05, 3.63) is 71.9 Å². The first-order valence-corrected chi connectivity index (χ1v) is 17.3. The molecule has 276 valence electrons. The molecule has 3 rings (SSSR count). The first-order valence-electron chi connectivity index (χ1n) is 17.3. The number of benzene rings is 2. The van der Waals surface area contributed by atoms with Crippen molar-refractivity contribution in [3.63, 3.8) is 0 Å². The molecular formula is C37H51N7O7. The summed E-state index contributed by atoms with van der Waals surface area (Å²) in [4.78, 5) is 81.5. The number of carbonyl (C=O) groups is 6. The number of H-pyrrole nitrogens is 1. The summed E-state index contributed by atoms with van der Waals surface area (Å²) >= 11 is 0. The maximum absolute atomic E-state index is 14.1. The average Bonchev–Trinajstić information content (AvgIpc) is 3.52. The van der Waals surface area contributed by atoms with Crippen LogP contribution in [0.25, 0.3) is 10.9 Å². The molecule has 0 unspecified atom stereocenters. The number of para-hydroxylation sites is 1. The molecule has 2 aromatic carbocycles. The van der Waals surface area contributed by atoms with E-state index in [1.54, 1.807) is 20.0 Å². The number of amides is 5. The second-order valence-corrected chi connectivity index (χ2v) is 13.1. The highest BCUT2D eigenvalue weighted by atomic mass is 16.4. The van der Waals surface area contributed by atoms with Gasteiger partial charge in [-0.15, -0.1) is 0 Å². The monoisotopic (exact) mass is 705 g/mol. The third kappa shape index (κ3) is 11.7. The number of aliphatic carboxylic acids is 1. The summed E-state index contributed by atoms with van der Waals surface area (Å²) < 4.78 is 0. The fraction of sp³-hybridized carbons (Fsp3) is 0.459. The summed E-state index contributed by atoms with van der Waals surface area (Å²) in [5, 5.41) is 21.3. The van der Waals surface area contributed by atoms with E-state index in [9.17, 15) is 33.9 Å². The molecule has 0 bridgehead atoms. The summed E-state index contributed by atoms with van der Waals surface area (Å²) in [6.45, 7) is 7.12. The third-order valence-corrected chi connectivity index (χ3v) is 9.25. The number of carboxylic acid groups (broad SMARTS) is 1. The SMILES string of the molecule is CC[C@H](C)[C@H](NC(=O)[C@@H](NC(=O)[C@H](Cc1c[nH]c2ccccc12)NC(=O)[C@H](CCC(N)=O)NC(=O)[C@@H](N)Cc1ccccc1)[C@@H](C)CC)C(=O)O. The molecule has 1 heterocycles. The highest BCUT2D eigenvalue weighted by Crippen LogP contribution is 2.20. The Morgan fingerprint density at radius 1 is 0.725 bits per heavy atom. The molecule has 0 aliphatic heterocycles. The first-order chi connectivity index (χ1) is 24.2. The van der Waals surface area contributed by atoms with E-state index in [-0.39, 0.29) is 31.6 Å². The van der Waals surface area contributed by atoms with Crippen LogP contribution in [0.4, 0.5) is 0 Å². The Hall–Kier alpha value is -5.24. The van der Waals surface area contributed by atoms with Gasteiger partial charge in [-0.2, -0.15) is 0 Å². The molecule has 0 aliphatic rings. The van der Waals surface area contributed by atoms with Crippen molar-refractivity contribution in [3.8, 4) is 0 Å². The maximum Gasteiger partial charge on any atom is 0.326 e. The highest BCUT2D eigenvalue weighted by molar-refractivity contribution is 5.96. The fourth-order valence-electron chi connectivity index (χ4n) is 5.68. The molecule has 51 heavy (non-hydrogen) atoms. The topological polar surface area (TPSA) is 239 Å². The van der Waals surface area contributed by atoms with Crippen LogP contribution in [0.2, 0.25) is 0 Å². The number of fused-ring (bicyclic) bond motifs is 1. The number of nitrogens with one attached hydrogen (secondary N) is 5. The highest BCUT2D eigenvalue weighted by Gasteiger charge is 2.35. The average molecular weight is 706 g/mol. The zero-order valence-corrected chi connectivity index (χ0v) is 29.6. The molecule has 0 aliphatic carbocycles. The van der Waals surface area contributed by atoms with Gasteiger partial charge in [0.2, 0.25) is 29.5 Å². The molecule has 10 N–H and O–H groups in total. The summed E-state index contributed by atoms with van der Waals surface area (Å²) in [5.41, 5.74) is 13.9. The Morgan fingerprint density at radius 3 is 1.92 bits per heavy atom. The predicted octanol–water partition coefficient (Wildman–Crippen LogP) is 1.66. The van der Waals surface area contributed by atoms with Crippen molar-refractivity contribution in [2.75, 3.05) is 0 Å². The normalized spacial score (nSPS) is 15.3. The minimum atomic E-state index is -1.27. The van der Waals surface area contributed by atoms with E-state index in [1.165, 1.54) is 0 Å². The van der Waals surface area contributed by atoms with Gasteiger partial charge in [-0.3, -0.25) is 24.0 Å². The number of carbonyl (C=O) groups excluding carboxylic acids is 5. The second kappa shape index (κ2) is 19.2. The lowest BCUT2D eigenvalue weighted by Gasteiger charge is -2.29. The number of hydrogen-bond donors (Lipinski definition) is 8.